The molecular weight excluding hydrogens is 216 g/mol. The van der Waals surface area contributed by atoms with Crippen LogP contribution < -0.4 is 0 Å². The molecule has 0 saturated heterocycles. The Morgan fingerprint density at radius 2 is 1.06 bits per heavy atom. The van der Waals surface area contributed by atoms with Gasteiger partial charge in [-0.1, -0.05) is 110 Å². The Bertz CT molecular complexity index is 147. The zero-order valence-corrected chi connectivity index (χ0v) is 12.9. The molecule has 0 aliphatic heterocycles. The van der Waals surface area contributed by atoms with Crippen LogP contribution in [0.3, 0.4) is 0 Å². The highest BCUT2D eigenvalue weighted by Crippen LogP contribution is 2.25. The fourth-order valence-electron chi connectivity index (χ4n) is 3.40. The standard InChI is InChI=1S/C18H36/c1-2-3-12-15-18-16-13-10-8-6-4-5-7-9-11-14-17-18/h18H,2-17H2,1H3. The number of hydrogen-bond acceptors (Lipinski definition) is 0. The van der Waals surface area contributed by atoms with Crippen LogP contribution in [0.2, 0.25) is 0 Å². The maximum atomic E-state index is 2.32. The molecule has 18 heavy (non-hydrogen) atoms. The lowest BCUT2D eigenvalue weighted by Gasteiger charge is -2.16. The van der Waals surface area contributed by atoms with Crippen molar-refractivity contribution in [1.82, 2.24) is 0 Å². The predicted octanol–water partition coefficient (Wildman–Crippen LogP) is 6.88. The van der Waals surface area contributed by atoms with E-state index in [0.717, 1.165) is 5.92 Å². The van der Waals surface area contributed by atoms with E-state index in [1.807, 2.05) is 0 Å². The van der Waals surface area contributed by atoms with E-state index < -0.39 is 0 Å². The molecule has 0 aromatic rings. The molecule has 0 unspecified atom stereocenters. The summed E-state index contributed by atoms with van der Waals surface area (Å²) >= 11 is 0. The number of rotatable bonds is 4. The molecule has 108 valence electrons. The zero-order chi connectivity index (χ0) is 12.9. The lowest BCUT2D eigenvalue weighted by molar-refractivity contribution is 0.371. The van der Waals surface area contributed by atoms with Crippen molar-refractivity contribution in [2.75, 3.05) is 0 Å². The molecule has 0 aromatic heterocycles. The first-order valence-corrected chi connectivity index (χ1v) is 8.93. The van der Waals surface area contributed by atoms with Gasteiger partial charge < -0.3 is 0 Å². The van der Waals surface area contributed by atoms with Gasteiger partial charge in [0.05, 0.1) is 0 Å². The molecule has 1 fully saturated rings. The summed E-state index contributed by atoms with van der Waals surface area (Å²) in [6, 6.07) is 0. The fourth-order valence-corrected chi connectivity index (χ4v) is 3.40. The summed E-state index contributed by atoms with van der Waals surface area (Å²) in [7, 11) is 0. The van der Waals surface area contributed by atoms with E-state index in [2.05, 4.69) is 6.92 Å². The van der Waals surface area contributed by atoms with E-state index in [-0.39, 0.29) is 0 Å². The SMILES string of the molecule is CCCCCC1CCCCCCCCCCCC1. The van der Waals surface area contributed by atoms with E-state index >= 15 is 0 Å². The summed E-state index contributed by atoms with van der Waals surface area (Å²) in [6.07, 6.45) is 23.9. The third kappa shape index (κ3) is 9.00. The molecule has 0 N–H and O–H groups in total. The first-order chi connectivity index (χ1) is 8.93. The van der Waals surface area contributed by atoms with Gasteiger partial charge in [-0.2, -0.15) is 0 Å². The number of hydrogen-bond donors (Lipinski definition) is 0. The number of unbranched alkanes of at least 4 members (excludes halogenated alkanes) is 2. The Hall–Kier alpha value is 0. The molecule has 0 heterocycles. The maximum Gasteiger partial charge on any atom is -0.0414 e. The minimum absolute atomic E-state index is 1.07. The topological polar surface area (TPSA) is 0 Å². The van der Waals surface area contributed by atoms with Crippen LogP contribution in [0.25, 0.3) is 0 Å². The van der Waals surface area contributed by atoms with Crippen molar-refractivity contribution in [2.24, 2.45) is 5.92 Å². The maximum absolute atomic E-state index is 2.32. The average Bonchev–Trinajstić information content (AvgIpc) is 2.41. The van der Waals surface area contributed by atoms with E-state index in [1.54, 1.807) is 0 Å². The van der Waals surface area contributed by atoms with E-state index in [0.29, 0.717) is 0 Å². The van der Waals surface area contributed by atoms with Crippen molar-refractivity contribution in [2.45, 2.75) is 110 Å². The summed E-state index contributed by atoms with van der Waals surface area (Å²) in [5.41, 5.74) is 0. The Morgan fingerprint density at radius 3 is 1.50 bits per heavy atom. The van der Waals surface area contributed by atoms with Crippen LogP contribution in [0.5, 0.6) is 0 Å². The molecular formula is C18H36. The van der Waals surface area contributed by atoms with Gasteiger partial charge in [0.1, 0.15) is 0 Å². The quantitative estimate of drug-likeness (QED) is 0.478. The summed E-state index contributed by atoms with van der Waals surface area (Å²) in [4.78, 5) is 0. The average molecular weight is 252 g/mol. The van der Waals surface area contributed by atoms with Gasteiger partial charge in [-0.15, -0.1) is 0 Å². The van der Waals surface area contributed by atoms with Crippen molar-refractivity contribution in [3.8, 4) is 0 Å². The van der Waals surface area contributed by atoms with Crippen molar-refractivity contribution in [1.29, 1.82) is 0 Å². The molecule has 0 atom stereocenters. The van der Waals surface area contributed by atoms with Crippen LogP contribution in [-0.4, -0.2) is 0 Å². The highest BCUT2D eigenvalue weighted by molar-refractivity contribution is 4.62. The van der Waals surface area contributed by atoms with Gasteiger partial charge in [0.2, 0.25) is 0 Å². The van der Waals surface area contributed by atoms with E-state index in [9.17, 15) is 0 Å². The zero-order valence-electron chi connectivity index (χ0n) is 12.9. The summed E-state index contributed by atoms with van der Waals surface area (Å²) in [6.45, 7) is 2.32. The van der Waals surface area contributed by atoms with Gasteiger partial charge in [0.15, 0.2) is 0 Å². The molecule has 1 aliphatic rings. The normalized spacial score (nSPS) is 21.8. The minimum Gasteiger partial charge on any atom is -0.0654 e. The highest BCUT2D eigenvalue weighted by atomic mass is 14.1. The lowest BCUT2D eigenvalue weighted by Crippen LogP contribution is -2.01. The van der Waals surface area contributed by atoms with E-state index in [1.165, 1.54) is 103 Å². The Labute approximate surface area is 116 Å². The van der Waals surface area contributed by atoms with Crippen molar-refractivity contribution in [3.05, 3.63) is 0 Å². The Kier molecular flexibility index (Phi) is 10.8. The van der Waals surface area contributed by atoms with Crippen LogP contribution in [0.1, 0.15) is 110 Å². The molecule has 0 heteroatoms. The lowest BCUT2D eigenvalue weighted by atomic mass is 9.90. The first-order valence-electron chi connectivity index (χ1n) is 8.93. The van der Waals surface area contributed by atoms with Gasteiger partial charge >= 0.3 is 0 Å². The summed E-state index contributed by atoms with van der Waals surface area (Å²) in [5.74, 6) is 1.07. The predicted molar refractivity (Wildman–Crippen MR) is 83.0 cm³/mol. The fraction of sp³-hybridized carbons (Fsp3) is 1.00. The van der Waals surface area contributed by atoms with Crippen LogP contribution in [0.4, 0.5) is 0 Å². The van der Waals surface area contributed by atoms with Gasteiger partial charge in [0, 0.05) is 0 Å². The van der Waals surface area contributed by atoms with Crippen LogP contribution in [0, 0.1) is 5.92 Å². The second-order valence-corrected chi connectivity index (χ2v) is 6.47. The van der Waals surface area contributed by atoms with Crippen LogP contribution in [-0.2, 0) is 0 Å². The third-order valence-electron chi connectivity index (χ3n) is 4.69. The first kappa shape index (κ1) is 16.1. The molecule has 0 nitrogen and oxygen atoms in total. The van der Waals surface area contributed by atoms with Gasteiger partial charge in [-0.05, 0) is 5.92 Å². The van der Waals surface area contributed by atoms with E-state index in [4.69, 9.17) is 0 Å². The molecule has 0 amide bonds. The van der Waals surface area contributed by atoms with Crippen molar-refractivity contribution >= 4 is 0 Å². The highest BCUT2D eigenvalue weighted by Gasteiger charge is 2.08. The molecule has 0 bridgehead atoms. The minimum atomic E-state index is 1.07. The molecule has 1 saturated carbocycles. The molecule has 1 aliphatic carbocycles. The second kappa shape index (κ2) is 12.1. The molecule has 0 radical (unpaired) electrons. The van der Waals surface area contributed by atoms with Gasteiger partial charge in [-0.25, -0.2) is 0 Å². The summed E-state index contributed by atoms with van der Waals surface area (Å²) < 4.78 is 0. The van der Waals surface area contributed by atoms with Crippen molar-refractivity contribution in [3.63, 3.8) is 0 Å². The molecule has 0 spiro atoms. The van der Waals surface area contributed by atoms with Crippen LogP contribution >= 0.6 is 0 Å². The van der Waals surface area contributed by atoms with Crippen LogP contribution in [0.15, 0.2) is 0 Å². The largest absolute Gasteiger partial charge is 0.0654 e. The smallest absolute Gasteiger partial charge is 0.0414 e. The monoisotopic (exact) mass is 252 g/mol. The van der Waals surface area contributed by atoms with Crippen molar-refractivity contribution < 1.29 is 0 Å². The Balaban J connectivity index is 2.19. The van der Waals surface area contributed by atoms with Gasteiger partial charge in [0.25, 0.3) is 0 Å². The third-order valence-corrected chi connectivity index (χ3v) is 4.69. The second-order valence-electron chi connectivity index (χ2n) is 6.47. The summed E-state index contributed by atoms with van der Waals surface area (Å²) in [5, 5.41) is 0. The van der Waals surface area contributed by atoms with Gasteiger partial charge in [-0.3, -0.25) is 0 Å². The Morgan fingerprint density at radius 1 is 0.611 bits per heavy atom. The molecule has 0 aromatic carbocycles. The molecule has 1 rings (SSSR count).